The van der Waals surface area contributed by atoms with Gasteiger partial charge in [0.15, 0.2) is 0 Å². The standard InChI is InChI=1S/C10H14N2/c1-9-5-6-10(12-8-9)4-2-3-7-11/h2,4-6,8H,3,7,11H2,1H3/b4-2+. The zero-order chi connectivity index (χ0) is 8.81. The molecule has 0 atom stereocenters. The Labute approximate surface area is 73.1 Å². The number of aromatic nitrogens is 1. The fraction of sp³-hybridized carbons (Fsp3) is 0.300. The van der Waals surface area contributed by atoms with Crippen molar-refractivity contribution in [2.24, 2.45) is 5.73 Å². The normalized spacial score (nSPS) is 10.8. The molecule has 0 spiro atoms. The van der Waals surface area contributed by atoms with Gasteiger partial charge in [-0.1, -0.05) is 12.1 Å². The molecular formula is C10H14N2. The highest BCUT2D eigenvalue weighted by molar-refractivity contribution is 5.44. The Kier molecular flexibility index (Phi) is 3.48. The van der Waals surface area contributed by atoms with Crippen molar-refractivity contribution in [2.75, 3.05) is 6.54 Å². The Morgan fingerprint density at radius 3 is 2.92 bits per heavy atom. The maximum atomic E-state index is 5.35. The lowest BCUT2D eigenvalue weighted by Gasteiger charge is -1.93. The van der Waals surface area contributed by atoms with Gasteiger partial charge in [0.05, 0.1) is 5.69 Å². The predicted molar refractivity (Wildman–Crippen MR) is 51.7 cm³/mol. The van der Waals surface area contributed by atoms with Crippen LogP contribution in [0.5, 0.6) is 0 Å². The van der Waals surface area contributed by atoms with Gasteiger partial charge < -0.3 is 5.73 Å². The molecule has 0 aliphatic rings. The molecule has 0 aliphatic heterocycles. The molecule has 0 aromatic carbocycles. The summed E-state index contributed by atoms with van der Waals surface area (Å²) in [5.41, 5.74) is 7.53. The smallest absolute Gasteiger partial charge is 0.0626 e. The molecule has 0 aliphatic carbocycles. The maximum absolute atomic E-state index is 5.35. The van der Waals surface area contributed by atoms with Crippen LogP contribution >= 0.6 is 0 Å². The first kappa shape index (κ1) is 8.94. The molecule has 0 saturated carbocycles. The first-order valence-electron chi connectivity index (χ1n) is 4.12. The predicted octanol–water partition coefficient (Wildman–Crippen LogP) is 1.75. The van der Waals surface area contributed by atoms with Crippen molar-refractivity contribution in [3.05, 3.63) is 35.7 Å². The van der Waals surface area contributed by atoms with Crippen LogP contribution in [0, 0.1) is 6.92 Å². The lowest BCUT2D eigenvalue weighted by atomic mass is 10.2. The number of aryl methyl sites for hydroxylation is 1. The molecule has 0 bridgehead atoms. The minimum Gasteiger partial charge on any atom is -0.330 e. The molecular weight excluding hydrogens is 148 g/mol. The molecule has 1 aromatic rings. The minimum absolute atomic E-state index is 0.697. The van der Waals surface area contributed by atoms with Gasteiger partial charge in [0.2, 0.25) is 0 Å². The largest absolute Gasteiger partial charge is 0.330 e. The summed E-state index contributed by atoms with van der Waals surface area (Å²) in [6.45, 7) is 2.72. The Bertz CT molecular complexity index is 249. The third-order valence-electron chi connectivity index (χ3n) is 1.56. The molecule has 0 radical (unpaired) electrons. The van der Waals surface area contributed by atoms with Crippen LogP contribution in [0.2, 0.25) is 0 Å². The number of nitrogens with two attached hydrogens (primary N) is 1. The number of hydrogen-bond donors (Lipinski definition) is 1. The molecule has 12 heavy (non-hydrogen) atoms. The fourth-order valence-electron chi connectivity index (χ4n) is 0.878. The van der Waals surface area contributed by atoms with Crippen molar-refractivity contribution in [2.45, 2.75) is 13.3 Å². The van der Waals surface area contributed by atoms with E-state index in [0.29, 0.717) is 6.54 Å². The van der Waals surface area contributed by atoms with Crippen molar-refractivity contribution in [1.29, 1.82) is 0 Å². The Hall–Kier alpha value is -1.15. The highest BCUT2D eigenvalue weighted by atomic mass is 14.7. The average molecular weight is 162 g/mol. The van der Waals surface area contributed by atoms with Gasteiger partial charge in [-0.25, -0.2) is 0 Å². The Morgan fingerprint density at radius 2 is 2.33 bits per heavy atom. The molecule has 0 unspecified atom stereocenters. The van der Waals surface area contributed by atoms with Crippen LogP contribution in [-0.2, 0) is 0 Å². The third-order valence-corrected chi connectivity index (χ3v) is 1.56. The molecule has 2 N–H and O–H groups in total. The zero-order valence-corrected chi connectivity index (χ0v) is 7.33. The van der Waals surface area contributed by atoms with Crippen molar-refractivity contribution in [3.8, 4) is 0 Å². The number of pyridine rings is 1. The second-order valence-corrected chi connectivity index (χ2v) is 2.74. The Balaban J connectivity index is 2.58. The summed E-state index contributed by atoms with van der Waals surface area (Å²) in [5, 5.41) is 0. The van der Waals surface area contributed by atoms with Crippen LogP contribution in [0.15, 0.2) is 24.4 Å². The van der Waals surface area contributed by atoms with Gasteiger partial charge >= 0.3 is 0 Å². The van der Waals surface area contributed by atoms with Gasteiger partial charge in [-0.05, 0) is 37.6 Å². The van der Waals surface area contributed by atoms with E-state index in [4.69, 9.17) is 5.73 Å². The monoisotopic (exact) mass is 162 g/mol. The molecule has 0 fully saturated rings. The number of rotatable bonds is 3. The van der Waals surface area contributed by atoms with Gasteiger partial charge in [0, 0.05) is 6.20 Å². The second-order valence-electron chi connectivity index (χ2n) is 2.74. The molecule has 0 amide bonds. The Morgan fingerprint density at radius 1 is 1.50 bits per heavy atom. The van der Waals surface area contributed by atoms with E-state index in [0.717, 1.165) is 12.1 Å². The van der Waals surface area contributed by atoms with Gasteiger partial charge in [-0.2, -0.15) is 0 Å². The maximum Gasteiger partial charge on any atom is 0.0626 e. The number of nitrogens with zero attached hydrogens (tertiary/aromatic N) is 1. The molecule has 2 heteroatoms. The quantitative estimate of drug-likeness (QED) is 0.735. The van der Waals surface area contributed by atoms with E-state index in [9.17, 15) is 0 Å². The van der Waals surface area contributed by atoms with Crippen LogP contribution < -0.4 is 5.73 Å². The lowest BCUT2D eigenvalue weighted by molar-refractivity contribution is 1.01. The van der Waals surface area contributed by atoms with Gasteiger partial charge in [0.25, 0.3) is 0 Å². The summed E-state index contributed by atoms with van der Waals surface area (Å²) in [6.07, 6.45) is 6.81. The van der Waals surface area contributed by atoms with Crippen LogP contribution in [-0.4, -0.2) is 11.5 Å². The summed E-state index contributed by atoms with van der Waals surface area (Å²) in [6, 6.07) is 4.05. The van der Waals surface area contributed by atoms with Gasteiger partial charge in [0.1, 0.15) is 0 Å². The van der Waals surface area contributed by atoms with Crippen LogP contribution in [0.25, 0.3) is 6.08 Å². The molecule has 1 aromatic heterocycles. The van der Waals surface area contributed by atoms with Crippen LogP contribution in [0.3, 0.4) is 0 Å². The minimum atomic E-state index is 0.697. The second kappa shape index (κ2) is 4.67. The van der Waals surface area contributed by atoms with Crippen molar-refractivity contribution in [1.82, 2.24) is 4.98 Å². The van der Waals surface area contributed by atoms with E-state index < -0.39 is 0 Å². The van der Waals surface area contributed by atoms with Crippen LogP contribution in [0.1, 0.15) is 17.7 Å². The van der Waals surface area contributed by atoms with Gasteiger partial charge in [-0.15, -0.1) is 0 Å². The topological polar surface area (TPSA) is 38.9 Å². The molecule has 1 rings (SSSR count). The summed E-state index contributed by atoms with van der Waals surface area (Å²) < 4.78 is 0. The molecule has 64 valence electrons. The zero-order valence-electron chi connectivity index (χ0n) is 7.33. The average Bonchev–Trinajstić information content (AvgIpc) is 2.09. The van der Waals surface area contributed by atoms with E-state index in [2.05, 4.69) is 11.1 Å². The summed E-state index contributed by atoms with van der Waals surface area (Å²) in [5.74, 6) is 0. The summed E-state index contributed by atoms with van der Waals surface area (Å²) in [7, 11) is 0. The van der Waals surface area contributed by atoms with E-state index in [1.807, 2.05) is 31.3 Å². The first-order valence-corrected chi connectivity index (χ1v) is 4.12. The summed E-state index contributed by atoms with van der Waals surface area (Å²) in [4.78, 5) is 4.22. The van der Waals surface area contributed by atoms with Gasteiger partial charge in [-0.3, -0.25) is 4.98 Å². The highest BCUT2D eigenvalue weighted by Crippen LogP contribution is 2.00. The van der Waals surface area contributed by atoms with Crippen molar-refractivity contribution < 1.29 is 0 Å². The molecule has 2 nitrogen and oxygen atoms in total. The fourth-order valence-corrected chi connectivity index (χ4v) is 0.878. The number of hydrogen-bond acceptors (Lipinski definition) is 2. The van der Waals surface area contributed by atoms with E-state index >= 15 is 0 Å². The van der Waals surface area contributed by atoms with E-state index in [-0.39, 0.29) is 0 Å². The van der Waals surface area contributed by atoms with Crippen molar-refractivity contribution >= 4 is 6.08 Å². The first-order chi connectivity index (χ1) is 5.83. The SMILES string of the molecule is Cc1ccc(/C=C/CCN)nc1. The lowest BCUT2D eigenvalue weighted by Crippen LogP contribution is -1.95. The van der Waals surface area contributed by atoms with Crippen molar-refractivity contribution in [3.63, 3.8) is 0 Å². The third kappa shape index (κ3) is 2.84. The van der Waals surface area contributed by atoms with Crippen LogP contribution in [0.4, 0.5) is 0 Å². The van der Waals surface area contributed by atoms with E-state index in [1.54, 1.807) is 0 Å². The molecule has 1 heterocycles. The van der Waals surface area contributed by atoms with E-state index in [1.165, 1.54) is 5.56 Å². The summed E-state index contributed by atoms with van der Waals surface area (Å²) >= 11 is 0. The molecule has 0 saturated heterocycles. The highest BCUT2D eigenvalue weighted by Gasteiger charge is 1.86.